The summed E-state index contributed by atoms with van der Waals surface area (Å²) >= 11 is 16.2. The first-order valence-corrected chi connectivity index (χ1v) is 33.2. The van der Waals surface area contributed by atoms with Crippen molar-refractivity contribution in [3.63, 3.8) is 0 Å². The number of rotatable bonds is 13. The number of hydrogen-bond donors (Lipinski definition) is 3. The maximum absolute atomic E-state index is 13.5. The van der Waals surface area contributed by atoms with Gasteiger partial charge >= 0.3 is 57.4 Å². The zero-order chi connectivity index (χ0) is 57.7. The van der Waals surface area contributed by atoms with Crippen LogP contribution in [0.2, 0.25) is 0 Å². The standard InChI is InChI=1S/C26H28FN3O4S.C10H11NO4S.C9H9BrS.C6H5BrS.C4H9O.C3H5Br.K/c27-18-6-7-19(28-15-18)13-25(31)24(12-17-4-2-1-3-5-17)30-16-29-23-14-21(10-11-22(23)26(30)32)35(33,34)20-8-9-20;11-9-5-7(3-4-8(9)10(12)13)16(14,15)6-1-2-6;10-7-1-3-8(4-2-7)11-9-5-6-9;7-5-1-3-6(8)4-2-5;1-4(2,3)5;4-3-1-2-3;/h6-7,10-11,14-17,20,24H,1-5,8-9,12-13H2;3-6H,1-2,11H2,(H,12,13);1-4,9H,5-6H2;1-4,8H;1-3H3;3H,1-2H2;/q;;;;-1;;+1. The number of anilines is 1. The van der Waals surface area contributed by atoms with Gasteiger partial charge < -0.3 is 15.9 Å². The number of carbonyl (C=O) groups excluding carboxylic acids is 1. The van der Waals surface area contributed by atoms with E-state index in [0.717, 1.165) is 55.8 Å². The molecule has 5 fully saturated rings. The Morgan fingerprint density at radius 3 is 1.77 bits per heavy atom. The van der Waals surface area contributed by atoms with E-state index in [0.29, 0.717) is 49.2 Å². The monoisotopic (exact) mass is 1390 g/mol. The number of thiol groups is 1. The van der Waals surface area contributed by atoms with Crippen molar-refractivity contribution in [2.24, 2.45) is 5.92 Å². The smallest absolute Gasteiger partial charge is 0.850 e. The van der Waals surface area contributed by atoms with Gasteiger partial charge in [0.05, 0.1) is 61.7 Å². The van der Waals surface area contributed by atoms with Crippen LogP contribution in [-0.4, -0.2) is 74.4 Å². The number of nitrogens with zero attached hydrogens (tertiary/aromatic N) is 3. The number of carboxylic acids is 1. The molecule has 0 bridgehead atoms. The number of carbonyl (C=O) groups is 2. The molecule has 13 nitrogen and oxygen atoms in total. The Morgan fingerprint density at radius 2 is 1.31 bits per heavy atom. The summed E-state index contributed by atoms with van der Waals surface area (Å²) in [5.74, 6) is -1.48. The van der Waals surface area contributed by atoms with Crippen LogP contribution in [0, 0.1) is 11.7 Å². The molecule has 1 unspecified atom stereocenters. The first-order valence-electron chi connectivity index (χ1n) is 26.2. The van der Waals surface area contributed by atoms with Gasteiger partial charge in [0.15, 0.2) is 25.5 Å². The summed E-state index contributed by atoms with van der Waals surface area (Å²) in [5, 5.41) is 19.4. The molecule has 5 aliphatic carbocycles. The molecule has 5 aliphatic rings. The molecule has 11 rings (SSSR count). The molecule has 5 saturated carbocycles. The van der Waals surface area contributed by atoms with Crippen molar-refractivity contribution < 1.29 is 92.4 Å². The molecular weight excluding hydrogens is 1320 g/mol. The number of halogens is 4. The molecular formula is C58H67Br3FKN4O9S4. The quantitative estimate of drug-likeness (QED) is 0.0425. The van der Waals surface area contributed by atoms with Crippen LogP contribution in [0.5, 0.6) is 0 Å². The average Bonchev–Trinajstić information content (AvgIpc) is 4.19. The molecule has 2 aromatic heterocycles. The maximum atomic E-state index is 13.5. The zero-order valence-corrected chi connectivity index (χ0v) is 56.5. The van der Waals surface area contributed by atoms with Gasteiger partial charge in [-0.25, -0.2) is 31.0 Å². The van der Waals surface area contributed by atoms with Gasteiger partial charge in [0, 0.05) is 40.2 Å². The molecule has 4 aromatic carbocycles. The Labute approximate surface area is 547 Å². The second-order valence-corrected chi connectivity index (χ2v) is 30.6. The fourth-order valence-electron chi connectivity index (χ4n) is 7.91. The molecule has 80 heavy (non-hydrogen) atoms. The molecule has 0 saturated heterocycles. The van der Waals surface area contributed by atoms with Gasteiger partial charge in [-0.15, -0.1) is 30.0 Å². The third-order valence-electron chi connectivity index (χ3n) is 12.7. The summed E-state index contributed by atoms with van der Waals surface area (Å²) in [6.45, 7) is 4.90. The fourth-order valence-corrected chi connectivity index (χ4v) is 13.3. The Hall–Kier alpha value is -2.32. The van der Waals surface area contributed by atoms with Gasteiger partial charge in [-0.3, -0.25) is 19.1 Å². The van der Waals surface area contributed by atoms with Crippen LogP contribution in [0.15, 0.2) is 143 Å². The number of fused-ring (bicyclic) bond motifs is 1. The second-order valence-electron chi connectivity index (χ2n) is 21.1. The average molecular weight is 1390 g/mol. The van der Waals surface area contributed by atoms with E-state index < -0.39 is 43.1 Å². The van der Waals surface area contributed by atoms with Crippen LogP contribution < -0.4 is 67.8 Å². The molecule has 0 amide bonds. The van der Waals surface area contributed by atoms with Gasteiger partial charge in [0.25, 0.3) is 5.56 Å². The molecule has 22 heteroatoms. The van der Waals surface area contributed by atoms with Crippen LogP contribution >= 0.6 is 72.2 Å². The predicted molar refractivity (Wildman–Crippen MR) is 323 cm³/mol. The molecule has 1 atom stereocenters. The summed E-state index contributed by atoms with van der Waals surface area (Å²) in [6, 6.07) is 26.5. The number of hydrogen-bond acceptors (Lipinski definition) is 13. The number of thioether (sulfide) groups is 1. The van der Waals surface area contributed by atoms with Gasteiger partial charge in [0.1, 0.15) is 5.82 Å². The maximum Gasteiger partial charge on any atom is 1.00 e. The molecule has 3 N–H and O–H groups in total. The van der Waals surface area contributed by atoms with Gasteiger partial charge in [-0.1, -0.05) is 101 Å². The van der Waals surface area contributed by atoms with Gasteiger partial charge in [-0.2, -0.15) is 0 Å². The zero-order valence-electron chi connectivity index (χ0n) is 45.3. The predicted octanol–water partition coefficient (Wildman–Crippen LogP) is 10.2. The van der Waals surface area contributed by atoms with E-state index in [2.05, 4.69) is 94.7 Å². The van der Waals surface area contributed by atoms with Crippen molar-refractivity contribution in [3.8, 4) is 0 Å². The number of sulfone groups is 2. The van der Waals surface area contributed by atoms with Crippen molar-refractivity contribution in [1.82, 2.24) is 14.5 Å². The number of Topliss-reactive ketones (excluding diaryl/α,β-unsaturated/α-hetero) is 1. The summed E-state index contributed by atoms with van der Waals surface area (Å²) in [6.07, 6.45) is 16.6. The van der Waals surface area contributed by atoms with E-state index in [1.165, 1.54) is 96.4 Å². The van der Waals surface area contributed by atoms with Crippen LogP contribution in [0.1, 0.15) is 133 Å². The van der Waals surface area contributed by atoms with Crippen LogP contribution in [-0.2, 0) is 30.9 Å². The number of benzene rings is 4. The summed E-state index contributed by atoms with van der Waals surface area (Å²) in [4.78, 5) is 49.6. The molecule has 0 aliphatic heterocycles. The van der Waals surface area contributed by atoms with E-state index in [4.69, 9.17) is 10.8 Å². The molecule has 2 heterocycles. The number of nitrogen functional groups attached to an aromatic ring is 1. The molecule has 0 spiro atoms. The minimum Gasteiger partial charge on any atom is -0.850 e. The number of ketones is 1. The Bertz CT molecular complexity index is 3270. The van der Waals surface area contributed by atoms with E-state index in [1.54, 1.807) is 20.8 Å². The second kappa shape index (κ2) is 31.7. The number of aromatic carboxylic acids is 1. The van der Waals surface area contributed by atoms with Crippen LogP contribution in [0.25, 0.3) is 10.9 Å². The van der Waals surface area contributed by atoms with Gasteiger partial charge in [-0.05, 0) is 161 Å². The number of alkyl halides is 1. The first kappa shape index (κ1) is 68.5. The number of aromatic nitrogens is 3. The first-order chi connectivity index (χ1) is 37.3. The fraction of sp³-hybridized carbons (Fsp3) is 0.431. The minimum absolute atomic E-state index is 0. The van der Waals surface area contributed by atoms with E-state index in [-0.39, 0.29) is 106 Å². The topological polar surface area (TPSA) is 220 Å². The van der Waals surface area contributed by atoms with E-state index >= 15 is 0 Å². The summed E-state index contributed by atoms with van der Waals surface area (Å²) in [7, 11) is -6.71. The number of nitrogens with two attached hydrogens (primary N) is 1. The molecule has 426 valence electrons. The Kier molecular flexibility index (Phi) is 27.1. The van der Waals surface area contributed by atoms with Crippen LogP contribution in [0.4, 0.5) is 10.1 Å². The van der Waals surface area contributed by atoms with Crippen molar-refractivity contribution in [3.05, 3.63) is 146 Å². The van der Waals surface area contributed by atoms with Gasteiger partial charge in [0.2, 0.25) is 0 Å². The largest absolute Gasteiger partial charge is 1.00 e. The normalized spacial score (nSPS) is 16.4. The van der Waals surface area contributed by atoms with E-state index in [1.807, 2.05) is 36.0 Å². The summed E-state index contributed by atoms with van der Waals surface area (Å²) < 4.78 is 65.8. The van der Waals surface area contributed by atoms with Crippen molar-refractivity contribution in [2.45, 2.75) is 169 Å². The Morgan fingerprint density at radius 1 is 0.787 bits per heavy atom. The number of pyridine rings is 1. The van der Waals surface area contributed by atoms with Crippen molar-refractivity contribution in [1.29, 1.82) is 0 Å². The SMILES string of the molecule is BrC1CC1.Brc1ccc(SC2CC2)cc1.CC(C)(C)[O-].Nc1cc(S(=O)(=O)C2CC2)ccc1C(=O)O.O=C(Cc1ccc(F)cn1)C(CC1CCCCC1)n1cnc2cc(S(=O)(=O)C3CC3)ccc2c1=O.Sc1ccc(Br)cc1.[K+]. The van der Waals surface area contributed by atoms with Crippen LogP contribution in [0.3, 0.4) is 0 Å². The van der Waals surface area contributed by atoms with Crippen molar-refractivity contribution in [2.75, 3.05) is 5.73 Å². The van der Waals surface area contributed by atoms with E-state index in [9.17, 15) is 40.7 Å². The molecule has 0 radical (unpaired) electrons. The summed E-state index contributed by atoms with van der Waals surface area (Å²) in [5.41, 5.74) is 5.03. The van der Waals surface area contributed by atoms with Crippen molar-refractivity contribution >= 4 is 120 Å². The molecule has 6 aromatic rings. The minimum atomic E-state index is -3.40. The Balaban J connectivity index is 0.000000213. The third-order valence-corrected chi connectivity index (χ3v) is 20.8. The third kappa shape index (κ3) is 23.3. The number of carboxylic acid groups (broad SMARTS) is 1.